The fraction of sp³-hybridized carbons (Fsp3) is 0.222. The molecule has 1 aromatic heterocycles. The van der Waals surface area contributed by atoms with Crippen molar-refractivity contribution in [1.82, 2.24) is 15.0 Å². The van der Waals surface area contributed by atoms with Crippen LogP contribution in [-0.4, -0.2) is 34.6 Å². The van der Waals surface area contributed by atoms with Crippen LogP contribution in [0.2, 0.25) is 0 Å². The van der Waals surface area contributed by atoms with Crippen molar-refractivity contribution in [3.05, 3.63) is 65.5 Å². The van der Waals surface area contributed by atoms with Crippen molar-refractivity contribution in [2.45, 2.75) is 23.4 Å². The first-order valence-corrected chi connectivity index (χ1v) is 9.90. The van der Waals surface area contributed by atoms with E-state index in [9.17, 15) is 26.1 Å². The topological polar surface area (TPSA) is 94.3 Å². The van der Waals surface area contributed by atoms with Gasteiger partial charge in [-0.15, -0.1) is 5.10 Å². The zero-order valence-electron chi connectivity index (χ0n) is 14.7. The lowest BCUT2D eigenvalue weighted by Gasteiger charge is -2.28. The number of alkyl halides is 3. The number of aromatic nitrogens is 3. The molecule has 2 heterocycles. The molecule has 0 radical (unpaired) electrons. The Morgan fingerprint density at radius 2 is 1.90 bits per heavy atom. The first-order valence-electron chi connectivity index (χ1n) is 8.46. The Balaban J connectivity index is 1.86. The standard InChI is InChI=1S/C18H14F3N3O4S/c19-18(20,21)11-1-3-14(16(9-11)24-7-6-22-23-24)13-5-8-28-17-10-12(29(25,26)27)2-4-15(13)17/h1-4,6-7,9-10,13H,5,8H2,(H,25,26,27). The Bertz CT molecular complexity index is 1160. The van der Waals surface area contributed by atoms with Gasteiger partial charge in [0.05, 0.1) is 35.1 Å². The maximum absolute atomic E-state index is 13.2. The van der Waals surface area contributed by atoms with Crippen molar-refractivity contribution in [3.63, 3.8) is 0 Å². The summed E-state index contributed by atoms with van der Waals surface area (Å²) in [5, 5.41) is 7.50. The smallest absolute Gasteiger partial charge is 0.416 e. The van der Waals surface area contributed by atoms with Crippen molar-refractivity contribution in [2.24, 2.45) is 0 Å². The number of ether oxygens (including phenoxy) is 1. The molecule has 3 aromatic rings. The van der Waals surface area contributed by atoms with Crippen LogP contribution in [0.4, 0.5) is 13.2 Å². The fourth-order valence-corrected chi connectivity index (χ4v) is 3.90. The summed E-state index contributed by atoms with van der Waals surface area (Å²) in [6.07, 6.45) is -1.25. The number of rotatable bonds is 3. The van der Waals surface area contributed by atoms with E-state index in [2.05, 4.69) is 10.3 Å². The molecule has 7 nitrogen and oxygen atoms in total. The molecule has 0 spiro atoms. The second-order valence-electron chi connectivity index (χ2n) is 6.48. The molecule has 152 valence electrons. The van der Waals surface area contributed by atoms with Gasteiger partial charge in [0, 0.05) is 17.5 Å². The number of benzene rings is 2. The van der Waals surface area contributed by atoms with Gasteiger partial charge in [0.1, 0.15) is 5.75 Å². The zero-order chi connectivity index (χ0) is 20.8. The normalized spacial score (nSPS) is 16.9. The van der Waals surface area contributed by atoms with Gasteiger partial charge in [0.15, 0.2) is 0 Å². The molecule has 1 aliphatic heterocycles. The third-order valence-electron chi connectivity index (χ3n) is 4.72. The van der Waals surface area contributed by atoms with Crippen molar-refractivity contribution in [1.29, 1.82) is 0 Å². The minimum Gasteiger partial charge on any atom is -0.493 e. The average Bonchev–Trinajstić information content (AvgIpc) is 3.20. The lowest BCUT2D eigenvalue weighted by atomic mass is 9.85. The summed E-state index contributed by atoms with van der Waals surface area (Å²) < 4.78 is 78.5. The van der Waals surface area contributed by atoms with Gasteiger partial charge >= 0.3 is 6.18 Å². The predicted molar refractivity (Wildman–Crippen MR) is 94.6 cm³/mol. The van der Waals surface area contributed by atoms with Gasteiger partial charge in [-0.1, -0.05) is 17.3 Å². The van der Waals surface area contributed by atoms with Gasteiger partial charge in [-0.2, -0.15) is 21.6 Å². The molecule has 2 aromatic carbocycles. The van der Waals surface area contributed by atoms with Gasteiger partial charge in [-0.3, -0.25) is 4.55 Å². The molecule has 1 unspecified atom stereocenters. The van der Waals surface area contributed by atoms with E-state index in [4.69, 9.17) is 4.74 Å². The third kappa shape index (κ3) is 3.70. The van der Waals surface area contributed by atoms with Crippen LogP contribution in [0.25, 0.3) is 5.69 Å². The largest absolute Gasteiger partial charge is 0.493 e. The summed E-state index contributed by atoms with van der Waals surface area (Å²) in [7, 11) is -4.41. The van der Waals surface area contributed by atoms with Gasteiger partial charge in [-0.25, -0.2) is 4.68 Å². The third-order valence-corrected chi connectivity index (χ3v) is 5.57. The van der Waals surface area contributed by atoms with Crippen LogP contribution in [0.15, 0.2) is 53.7 Å². The van der Waals surface area contributed by atoms with E-state index >= 15 is 0 Å². The Morgan fingerprint density at radius 3 is 2.55 bits per heavy atom. The molecule has 1 aliphatic rings. The maximum Gasteiger partial charge on any atom is 0.416 e. The quantitative estimate of drug-likeness (QED) is 0.646. The lowest BCUT2D eigenvalue weighted by molar-refractivity contribution is -0.137. The molecule has 1 atom stereocenters. The molecule has 0 saturated heterocycles. The molecule has 0 bridgehead atoms. The number of hydrogen-bond acceptors (Lipinski definition) is 5. The predicted octanol–water partition coefficient (Wildman–Crippen LogP) is 3.45. The van der Waals surface area contributed by atoms with Gasteiger partial charge in [0.2, 0.25) is 0 Å². The summed E-state index contributed by atoms with van der Waals surface area (Å²) >= 11 is 0. The Labute approximate surface area is 163 Å². The molecule has 29 heavy (non-hydrogen) atoms. The van der Waals surface area contributed by atoms with E-state index < -0.39 is 21.9 Å². The molecule has 1 N–H and O–H groups in total. The van der Waals surface area contributed by atoms with Crippen LogP contribution in [-0.2, 0) is 16.3 Å². The Morgan fingerprint density at radius 1 is 1.14 bits per heavy atom. The molecule has 0 fully saturated rings. The first-order chi connectivity index (χ1) is 13.6. The SMILES string of the molecule is O=S(=O)(O)c1ccc2c(c1)OCCC2c1ccc(C(F)(F)F)cc1-n1ccnn1. The first kappa shape index (κ1) is 19.4. The van der Waals surface area contributed by atoms with E-state index in [1.54, 1.807) is 0 Å². The van der Waals surface area contributed by atoms with Crippen LogP contribution in [0.5, 0.6) is 5.75 Å². The minimum atomic E-state index is -4.52. The van der Waals surface area contributed by atoms with Crippen molar-refractivity contribution >= 4 is 10.1 Å². The molecule has 11 heteroatoms. The molecule has 0 saturated carbocycles. The Hall–Kier alpha value is -2.92. The molecule has 4 rings (SSSR count). The zero-order valence-corrected chi connectivity index (χ0v) is 15.5. The fourth-order valence-electron chi connectivity index (χ4n) is 3.40. The summed E-state index contributed by atoms with van der Waals surface area (Å²) in [5.41, 5.74) is 0.562. The van der Waals surface area contributed by atoms with E-state index in [1.165, 1.54) is 41.3 Å². The van der Waals surface area contributed by atoms with Gasteiger partial charge < -0.3 is 4.74 Å². The second-order valence-corrected chi connectivity index (χ2v) is 7.90. The summed E-state index contributed by atoms with van der Waals surface area (Å²) in [4.78, 5) is -0.319. The lowest BCUT2D eigenvalue weighted by Crippen LogP contribution is -2.18. The van der Waals surface area contributed by atoms with Crippen LogP contribution < -0.4 is 4.74 Å². The highest BCUT2D eigenvalue weighted by atomic mass is 32.2. The summed E-state index contributed by atoms with van der Waals surface area (Å²) in [6, 6.07) is 7.32. The van der Waals surface area contributed by atoms with Crippen LogP contribution in [0.1, 0.15) is 29.0 Å². The highest BCUT2D eigenvalue weighted by molar-refractivity contribution is 7.85. The molecule has 0 aliphatic carbocycles. The minimum absolute atomic E-state index is 0.217. The van der Waals surface area contributed by atoms with Crippen molar-refractivity contribution < 1.29 is 30.9 Å². The van der Waals surface area contributed by atoms with Crippen LogP contribution in [0, 0.1) is 0 Å². The highest BCUT2D eigenvalue weighted by Crippen LogP contribution is 2.42. The number of nitrogens with zero attached hydrogens (tertiary/aromatic N) is 3. The Kier molecular flexibility index (Phi) is 4.58. The number of hydrogen-bond donors (Lipinski definition) is 1. The summed E-state index contributed by atoms with van der Waals surface area (Å²) in [6.45, 7) is 0.227. The maximum atomic E-state index is 13.2. The van der Waals surface area contributed by atoms with Crippen molar-refractivity contribution in [2.75, 3.05) is 6.61 Å². The van der Waals surface area contributed by atoms with Crippen LogP contribution in [0.3, 0.4) is 0 Å². The molecular weight excluding hydrogens is 411 g/mol. The second kappa shape index (κ2) is 6.85. The monoisotopic (exact) mass is 425 g/mol. The molecule has 0 amide bonds. The molecular formula is C18H14F3N3O4S. The van der Waals surface area contributed by atoms with Crippen molar-refractivity contribution in [3.8, 4) is 11.4 Å². The highest BCUT2D eigenvalue weighted by Gasteiger charge is 2.33. The number of halogens is 3. The van der Waals surface area contributed by atoms with Gasteiger partial charge in [-0.05, 0) is 30.2 Å². The van der Waals surface area contributed by atoms with Crippen LogP contribution >= 0.6 is 0 Å². The van der Waals surface area contributed by atoms with E-state index in [-0.39, 0.29) is 28.9 Å². The van der Waals surface area contributed by atoms with Gasteiger partial charge in [0.25, 0.3) is 10.1 Å². The average molecular weight is 425 g/mol. The number of fused-ring (bicyclic) bond motifs is 1. The van der Waals surface area contributed by atoms with E-state index in [1.807, 2.05) is 0 Å². The van der Waals surface area contributed by atoms with E-state index in [0.29, 0.717) is 17.5 Å². The van der Waals surface area contributed by atoms with E-state index in [0.717, 1.165) is 12.1 Å². The summed E-state index contributed by atoms with van der Waals surface area (Å²) in [5.74, 6) is -0.114.